The average molecular weight is 630 g/mol. The second-order valence-electron chi connectivity index (χ2n) is 10.7. The van der Waals surface area contributed by atoms with E-state index in [1.54, 1.807) is 35.2 Å². The number of aromatic nitrogens is 2. The number of alkyl halides is 2. The third-order valence-corrected chi connectivity index (χ3v) is 7.73. The maximum atomic E-state index is 15.1. The van der Waals surface area contributed by atoms with Gasteiger partial charge in [-0.15, -0.1) is 0 Å². The standard InChI is InChI=1S/C32H31F4N3O6/c1-43-30-12-20(5-6-28(30)44-18-21-3-2-4-22(35)11-21)17-38-31(41)25-13-29(45-24(15-33)16-34)26(36)14-27(25)39(32(38)42)23-7-9-37(19-40)10-8-23/h2-6,11-14,19,23-24H,7-10,15-18H2,1H3. The van der Waals surface area contributed by atoms with Crippen molar-refractivity contribution in [2.75, 3.05) is 33.5 Å². The highest BCUT2D eigenvalue weighted by molar-refractivity contribution is 5.80. The fourth-order valence-corrected chi connectivity index (χ4v) is 5.39. The first kappa shape index (κ1) is 31.6. The number of hydrogen-bond acceptors (Lipinski definition) is 6. The second kappa shape index (κ2) is 13.9. The number of rotatable bonds is 12. The zero-order valence-corrected chi connectivity index (χ0v) is 24.4. The molecule has 13 heteroatoms. The lowest BCUT2D eigenvalue weighted by atomic mass is 10.0. The largest absolute Gasteiger partial charge is 0.493 e. The Morgan fingerprint density at radius 1 is 0.933 bits per heavy atom. The van der Waals surface area contributed by atoms with Crippen LogP contribution in [0.2, 0.25) is 0 Å². The topological polar surface area (TPSA) is 92.0 Å². The molecule has 0 N–H and O–H groups in total. The van der Waals surface area contributed by atoms with Crippen LogP contribution in [-0.2, 0) is 17.9 Å². The summed E-state index contributed by atoms with van der Waals surface area (Å²) in [6.45, 7) is -1.85. The van der Waals surface area contributed by atoms with E-state index in [-0.39, 0.29) is 24.1 Å². The molecule has 5 rings (SSSR count). The Morgan fingerprint density at radius 2 is 1.69 bits per heavy atom. The third kappa shape index (κ3) is 6.81. The highest BCUT2D eigenvalue weighted by Crippen LogP contribution is 2.31. The molecule has 1 aliphatic rings. The van der Waals surface area contributed by atoms with E-state index < -0.39 is 54.1 Å². The van der Waals surface area contributed by atoms with Gasteiger partial charge in [0.2, 0.25) is 6.41 Å². The number of methoxy groups -OCH3 is 1. The molecule has 4 aromatic rings. The predicted octanol–water partition coefficient (Wildman–Crippen LogP) is 4.56. The van der Waals surface area contributed by atoms with E-state index in [0.29, 0.717) is 55.0 Å². The summed E-state index contributed by atoms with van der Waals surface area (Å²) >= 11 is 0. The van der Waals surface area contributed by atoms with Crippen LogP contribution in [-0.4, -0.2) is 60.1 Å². The van der Waals surface area contributed by atoms with Crippen LogP contribution in [0.5, 0.6) is 17.2 Å². The number of benzene rings is 3. The monoisotopic (exact) mass is 629 g/mol. The summed E-state index contributed by atoms with van der Waals surface area (Å²) in [5.41, 5.74) is -0.344. The molecular weight excluding hydrogens is 598 g/mol. The summed E-state index contributed by atoms with van der Waals surface area (Å²) in [4.78, 5) is 40.5. The third-order valence-electron chi connectivity index (χ3n) is 7.73. The zero-order valence-electron chi connectivity index (χ0n) is 24.4. The van der Waals surface area contributed by atoms with E-state index in [0.717, 1.165) is 16.7 Å². The number of nitrogens with zero attached hydrogens (tertiary/aromatic N) is 3. The molecule has 45 heavy (non-hydrogen) atoms. The van der Waals surface area contributed by atoms with E-state index in [2.05, 4.69) is 0 Å². The van der Waals surface area contributed by atoms with Crippen molar-refractivity contribution in [2.24, 2.45) is 0 Å². The molecule has 1 amide bonds. The van der Waals surface area contributed by atoms with E-state index in [1.807, 2.05) is 0 Å². The Hall–Kier alpha value is -4.81. The number of ether oxygens (including phenoxy) is 3. The maximum Gasteiger partial charge on any atom is 0.332 e. The number of fused-ring (bicyclic) bond motifs is 1. The number of likely N-dealkylation sites (tertiary alicyclic amines) is 1. The van der Waals surface area contributed by atoms with Crippen LogP contribution >= 0.6 is 0 Å². The Labute approximate surface area is 255 Å². The minimum absolute atomic E-state index is 0.00590. The van der Waals surface area contributed by atoms with Gasteiger partial charge in [-0.3, -0.25) is 18.7 Å². The van der Waals surface area contributed by atoms with Crippen LogP contribution in [0.15, 0.2) is 64.2 Å². The van der Waals surface area contributed by atoms with E-state index in [4.69, 9.17) is 14.2 Å². The lowest BCUT2D eigenvalue weighted by molar-refractivity contribution is -0.119. The Balaban J connectivity index is 1.55. The molecule has 1 aromatic heterocycles. The van der Waals surface area contributed by atoms with Gasteiger partial charge < -0.3 is 19.1 Å². The molecule has 2 heterocycles. The molecule has 0 saturated carbocycles. The van der Waals surface area contributed by atoms with Crippen molar-refractivity contribution < 1.29 is 36.6 Å². The smallest absolute Gasteiger partial charge is 0.332 e. The fraction of sp³-hybridized carbons (Fsp3) is 0.344. The van der Waals surface area contributed by atoms with Gasteiger partial charge in [-0.1, -0.05) is 18.2 Å². The number of carbonyl (C=O) groups excluding carboxylic acids is 1. The molecule has 238 valence electrons. The first-order valence-corrected chi connectivity index (χ1v) is 14.3. The van der Waals surface area contributed by atoms with E-state index >= 15 is 4.39 Å². The van der Waals surface area contributed by atoms with Gasteiger partial charge in [-0.25, -0.2) is 22.4 Å². The molecule has 0 unspecified atom stereocenters. The minimum Gasteiger partial charge on any atom is -0.493 e. The van der Waals surface area contributed by atoms with Crippen LogP contribution in [0, 0.1) is 11.6 Å². The van der Waals surface area contributed by atoms with Crippen molar-refractivity contribution in [3.8, 4) is 17.2 Å². The van der Waals surface area contributed by atoms with Crippen LogP contribution in [0.4, 0.5) is 17.6 Å². The lowest BCUT2D eigenvalue weighted by Crippen LogP contribution is -2.44. The van der Waals surface area contributed by atoms with Crippen molar-refractivity contribution >= 4 is 17.3 Å². The number of amides is 1. The molecule has 3 aromatic carbocycles. The normalized spacial score (nSPS) is 13.8. The van der Waals surface area contributed by atoms with E-state index in [1.165, 1.54) is 23.8 Å². The van der Waals surface area contributed by atoms with Gasteiger partial charge in [0.05, 0.1) is 24.6 Å². The fourth-order valence-electron chi connectivity index (χ4n) is 5.39. The minimum atomic E-state index is -1.56. The molecule has 9 nitrogen and oxygen atoms in total. The Morgan fingerprint density at radius 3 is 2.36 bits per heavy atom. The highest BCUT2D eigenvalue weighted by Gasteiger charge is 2.26. The summed E-state index contributed by atoms with van der Waals surface area (Å²) in [5.74, 6) is -1.24. The average Bonchev–Trinajstić information content (AvgIpc) is 3.05. The van der Waals surface area contributed by atoms with Crippen molar-refractivity contribution in [3.63, 3.8) is 0 Å². The summed E-state index contributed by atoms with van der Waals surface area (Å²) in [7, 11) is 1.42. The number of piperidine rings is 1. The predicted molar refractivity (Wildman–Crippen MR) is 158 cm³/mol. The van der Waals surface area contributed by atoms with Crippen LogP contribution < -0.4 is 25.5 Å². The molecule has 0 spiro atoms. The van der Waals surface area contributed by atoms with Gasteiger partial charge in [0.1, 0.15) is 25.8 Å². The van der Waals surface area contributed by atoms with Crippen molar-refractivity contribution in [3.05, 3.63) is 98.2 Å². The maximum absolute atomic E-state index is 15.1. The van der Waals surface area contributed by atoms with Gasteiger partial charge in [-0.05, 0) is 54.3 Å². The van der Waals surface area contributed by atoms with Gasteiger partial charge in [0, 0.05) is 25.2 Å². The molecule has 1 fully saturated rings. The number of hydrogen-bond donors (Lipinski definition) is 0. The molecule has 1 aliphatic heterocycles. The first-order valence-electron chi connectivity index (χ1n) is 14.3. The van der Waals surface area contributed by atoms with Gasteiger partial charge >= 0.3 is 5.69 Å². The number of carbonyl (C=O) groups is 1. The summed E-state index contributed by atoms with van der Waals surface area (Å²) in [5, 5.41) is -0.0812. The van der Waals surface area contributed by atoms with Crippen molar-refractivity contribution in [1.82, 2.24) is 14.0 Å². The van der Waals surface area contributed by atoms with Gasteiger partial charge in [-0.2, -0.15) is 0 Å². The quantitative estimate of drug-likeness (QED) is 0.169. The van der Waals surface area contributed by atoms with E-state index in [9.17, 15) is 27.6 Å². The SMILES string of the molecule is COc1cc(Cn2c(=O)c3cc(OC(CF)CF)c(F)cc3n(C3CCN(C=O)CC3)c2=O)ccc1OCc1cccc(F)c1. The molecule has 0 bridgehead atoms. The summed E-state index contributed by atoms with van der Waals surface area (Å²) in [6.07, 6.45) is -0.0929. The van der Waals surface area contributed by atoms with Crippen LogP contribution in [0.3, 0.4) is 0 Å². The Kier molecular flexibility index (Phi) is 9.74. The van der Waals surface area contributed by atoms with Crippen molar-refractivity contribution in [2.45, 2.75) is 38.1 Å². The lowest BCUT2D eigenvalue weighted by Gasteiger charge is -2.31. The highest BCUT2D eigenvalue weighted by atomic mass is 19.1. The van der Waals surface area contributed by atoms with Gasteiger partial charge in [0.15, 0.2) is 29.2 Å². The summed E-state index contributed by atoms with van der Waals surface area (Å²) < 4.78 is 73.8. The molecule has 0 atom stereocenters. The number of halogens is 4. The first-order chi connectivity index (χ1) is 21.8. The van der Waals surface area contributed by atoms with Crippen LogP contribution in [0.25, 0.3) is 10.9 Å². The second-order valence-corrected chi connectivity index (χ2v) is 10.7. The molecule has 1 saturated heterocycles. The summed E-state index contributed by atoms with van der Waals surface area (Å²) in [6, 6.07) is 12.3. The molecule has 0 aliphatic carbocycles. The zero-order chi connectivity index (χ0) is 32.1. The molecule has 0 radical (unpaired) electrons. The Bertz CT molecular complexity index is 1800. The van der Waals surface area contributed by atoms with Crippen LogP contribution in [0.1, 0.15) is 30.0 Å². The van der Waals surface area contributed by atoms with Gasteiger partial charge in [0.25, 0.3) is 5.56 Å². The van der Waals surface area contributed by atoms with Crippen molar-refractivity contribution in [1.29, 1.82) is 0 Å². The molecular formula is C32H31F4N3O6.